The van der Waals surface area contributed by atoms with Crippen LogP contribution >= 0.6 is 11.6 Å². The van der Waals surface area contributed by atoms with Crippen LogP contribution in [-0.4, -0.2) is 54.3 Å². The van der Waals surface area contributed by atoms with Crippen molar-refractivity contribution >= 4 is 17.4 Å². The van der Waals surface area contributed by atoms with Gasteiger partial charge in [0.1, 0.15) is 0 Å². The van der Waals surface area contributed by atoms with E-state index >= 15 is 0 Å². The van der Waals surface area contributed by atoms with Gasteiger partial charge >= 0.3 is 0 Å². The molecule has 1 fully saturated rings. The number of halogens is 1. The number of carbonyl (C=O) groups excluding carboxylic acids is 1. The topological polar surface area (TPSA) is 23.6 Å². The van der Waals surface area contributed by atoms with Gasteiger partial charge in [-0.15, -0.1) is 0 Å². The molecule has 1 saturated heterocycles. The predicted octanol–water partition coefficient (Wildman–Crippen LogP) is 2.55. The van der Waals surface area contributed by atoms with Gasteiger partial charge in [0.05, 0.1) is 11.6 Å². The van der Waals surface area contributed by atoms with E-state index in [1.165, 1.54) is 0 Å². The Morgan fingerprint density at radius 3 is 2.74 bits per heavy atom. The van der Waals surface area contributed by atoms with Crippen molar-refractivity contribution in [2.24, 2.45) is 0 Å². The average Bonchev–Trinajstić information content (AvgIpc) is 2.39. The largest absolute Gasteiger partial charge is 0.298 e. The zero-order valence-electron chi connectivity index (χ0n) is 11.6. The first-order valence-electron chi connectivity index (χ1n) is 6.86. The summed E-state index contributed by atoms with van der Waals surface area (Å²) in [7, 11) is 0. The molecule has 1 unspecified atom stereocenters. The van der Waals surface area contributed by atoms with Gasteiger partial charge in [-0.1, -0.05) is 30.7 Å². The fourth-order valence-electron chi connectivity index (χ4n) is 2.66. The monoisotopic (exact) mass is 280 g/mol. The summed E-state index contributed by atoms with van der Waals surface area (Å²) in [5.41, 5.74) is 0.634. The molecule has 19 heavy (non-hydrogen) atoms. The Kier molecular flexibility index (Phi) is 4.97. The van der Waals surface area contributed by atoms with Gasteiger partial charge in [-0.05, 0) is 25.6 Å². The van der Waals surface area contributed by atoms with Crippen LogP contribution in [0.3, 0.4) is 0 Å². The molecule has 1 heterocycles. The Morgan fingerprint density at radius 2 is 2.11 bits per heavy atom. The summed E-state index contributed by atoms with van der Waals surface area (Å²) >= 11 is 6.06. The third kappa shape index (κ3) is 3.56. The molecule has 0 bridgehead atoms. The van der Waals surface area contributed by atoms with Gasteiger partial charge in [-0.3, -0.25) is 14.6 Å². The molecule has 1 aromatic carbocycles. The quantitative estimate of drug-likeness (QED) is 0.792. The molecular weight excluding hydrogens is 260 g/mol. The van der Waals surface area contributed by atoms with Gasteiger partial charge < -0.3 is 0 Å². The molecule has 0 aliphatic carbocycles. The number of rotatable bonds is 4. The third-order valence-electron chi connectivity index (χ3n) is 3.80. The van der Waals surface area contributed by atoms with E-state index in [0.717, 1.165) is 26.2 Å². The molecule has 104 valence electrons. The maximum absolute atomic E-state index is 12.3. The Bertz CT molecular complexity index is 450. The zero-order valence-corrected chi connectivity index (χ0v) is 12.4. The predicted molar refractivity (Wildman–Crippen MR) is 78.9 cm³/mol. The highest BCUT2D eigenvalue weighted by Crippen LogP contribution is 2.17. The number of hydrogen-bond acceptors (Lipinski definition) is 3. The van der Waals surface area contributed by atoms with E-state index in [-0.39, 0.29) is 5.78 Å². The van der Waals surface area contributed by atoms with Gasteiger partial charge in [0.25, 0.3) is 0 Å². The minimum atomic E-state index is 0.114. The maximum Gasteiger partial charge on any atom is 0.178 e. The Balaban J connectivity index is 1.95. The summed E-state index contributed by atoms with van der Waals surface area (Å²) in [5.74, 6) is 0.114. The number of likely N-dealkylation sites (N-methyl/N-ethyl adjacent to an activating group) is 1. The first-order chi connectivity index (χ1) is 9.11. The summed E-state index contributed by atoms with van der Waals surface area (Å²) in [4.78, 5) is 16.9. The Labute approximate surface area is 120 Å². The number of carbonyl (C=O) groups is 1. The summed E-state index contributed by atoms with van der Waals surface area (Å²) < 4.78 is 0. The minimum Gasteiger partial charge on any atom is -0.298 e. The van der Waals surface area contributed by atoms with Crippen LogP contribution in [0.5, 0.6) is 0 Å². The SMILES string of the molecule is CCN1CCN(CC(=O)c2ccccc2Cl)CC1C. The van der Waals surface area contributed by atoms with Crippen molar-refractivity contribution in [1.82, 2.24) is 9.80 Å². The summed E-state index contributed by atoms with van der Waals surface area (Å²) in [6, 6.07) is 7.79. The summed E-state index contributed by atoms with van der Waals surface area (Å²) in [5, 5.41) is 0.549. The molecule has 2 rings (SSSR count). The van der Waals surface area contributed by atoms with E-state index in [0.29, 0.717) is 23.2 Å². The standard InChI is InChI=1S/C15H21ClN2O/c1-3-18-9-8-17(10-12(18)2)11-15(19)13-6-4-5-7-14(13)16/h4-7,12H,3,8-11H2,1-2H3. The van der Waals surface area contributed by atoms with E-state index in [9.17, 15) is 4.79 Å². The van der Waals surface area contributed by atoms with Crippen LogP contribution < -0.4 is 0 Å². The van der Waals surface area contributed by atoms with E-state index < -0.39 is 0 Å². The average molecular weight is 281 g/mol. The van der Waals surface area contributed by atoms with Crippen molar-refractivity contribution in [1.29, 1.82) is 0 Å². The first-order valence-corrected chi connectivity index (χ1v) is 7.23. The van der Waals surface area contributed by atoms with Gasteiger partial charge in [0.15, 0.2) is 5.78 Å². The molecule has 3 nitrogen and oxygen atoms in total. The molecule has 1 aromatic rings. The molecular formula is C15H21ClN2O. The number of ketones is 1. The second-order valence-corrected chi connectivity index (χ2v) is 5.52. The fourth-order valence-corrected chi connectivity index (χ4v) is 2.90. The van der Waals surface area contributed by atoms with Crippen LogP contribution in [0.15, 0.2) is 24.3 Å². The van der Waals surface area contributed by atoms with Gasteiger partial charge in [-0.2, -0.15) is 0 Å². The van der Waals surface area contributed by atoms with Gasteiger partial charge in [0.2, 0.25) is 0 Å². The molecule has 1 aliphatic heterocycles. The number of hydrogen-bond donors (Lipinski definition) is 0. The van der Waals surface area contributed by atoms with Crippen molar-refractivity contribution in [2.45, 2.75) is 19.9 Å². The molecule has 0 aromatic heterocycles. The number of Topliss-reactive ketones (excluding diaryl/α,β-unsaturated/α-hetero) is 1. The van der Waals surface area contributed by atoms with Crippen LogP contribution in [0, 0.1) is 0 Å². The molecule has 0 N–H and O–H groups in total. The van der Waals surface area contributed by atoms with Crippen molar-refractivity contribution in [2.75, 3.05) is 32.7 Å². The lowest BCUT2D eigenvalue weighted by atomic mass is 10.1. The lowest BCUT2D eigenvalue weighted by Gasteiger charge is -2.39. The fraction of sp³-hybridized carbons (Fsp3) is 0.533. The summed E-state index contributed by atoms with van der Waals surface area (Å²) in [6.45, 7) is 8.88. The highest BCUT2D eigenvalue weighted by atomic mass is 35.5. The molecule has 1 atom stereocenters. The molecule has 4 heteroatoms. The number of benzene rings is 1. The van der Waals surface area contributed by atoms with Crippen molar-refractivity contribution in [3.63, 3.8) is 0 Å². The molecule has 0 amide bonds. The maximum atomic E-state index is 12.3. The molecule has 0 radical (unpaired) electrons. The second kappa shape index (κ2) is 6.51. The second-order valence-electron chi connectivity index (χ2n) is 5.12. The highest BCUT2D eigenvalue weighted by molar-refractivity contribution is 6.34. The minimum absolute atomic E-state index is 0.114. The van der Waals surface area contributed by atoms with Gasteiger partial charge in [0, 0.05) is 31.2 Å². The number of piperazine rings is 1. The molecule has 1 aliphatic rings. The smallest absolute Gasteiger partial charge is 0.178 e. The summed E-state index contributed by atoms with van der Waals surface area (Å²) in [6.07, 6.45) is 0. The van der Waals surface area contributed by atoms with E-state index in [1.54, 1.807) is 12.1 Å². The number of nitrogens with zero attached hydrogens (tertiary/aromatic N) is 2. The van der Waals surface area contributed by atoms with E-state index in [1.807, 2.05) is 12.1 Å². The Morgan fingerprint density at radius 1 is 1.37 bits per heavy atom. The van der Waals surface area contributed by atoms with Gasteiger partial charge in [-0.25, -0.2) is 0 Å². The van der Waals surface area contributed by atoms with E-state index in [4.69, 9.17) is 11.6 Å². The zero-order chi connectivity index (χ0) is 13.8. The van der Waals surface area contributed by atoms with Crippen molar-refractivity contribution in [3.05, 3.63) is 34.9 Å². The highest BCUT2D eigenvalue weighted by Gasteiger charge is 2.24. The first kappa shape index (κ1) is 14.5. The van der Waals surface area contributed by atoms with Crippen LogP contribution in [0.4, 0.5) is 0 Å². The lowest BCUT2D eigenvalue weighted by Crippen LogP contribution is -2.52. The van der Waals surface area contributed by atoms with Crippen molar-refractivity contribution in [3.8, 4) is 0 Å². The lowest BCUT2D eigenvalue weighted by molar-refractivity contribution is 0.0723. The van der Waals surface area contributed by atoms with Crippen LogP contribution in [0.25, 0.3) is 0 Å². The van der Waals surface area contributed by atoms with Crippen LogP contribution in [0.2, 0.25) is 5.02 Å². The van der Waals surface area contributed by atoms with E-state index in [2.05, 4.69) is 23.6 Å². The van der Waals surface area contributed by atoms with Crippen LogP contribution in [0.1, 0.15) is 24.2 Å². The Hall–Kier alpha value is -0.900. The van der Waals surface area contributed by atoms with Crippen molar-refractivity contribution < 1.29 is 4.79 Å². The van der Waals surface area contributed by atoms with Crippen LogP contribution in [-0.2, 0) is 0 Å². The molecule has 0 saturated carbocycles. The third-order valence-corrected chi connectivity index (χ3v) is 4.13. The normalized spacial score (nSPS) is 21.5. The molecule has 0 spiro atoms.